The summed E-state index contributed by atoms with van der Waals surface area (Å²) in [6.45, 7) is 8.41. The first-order valence-corrected chi connectivity index (χ1v) is 17.0. The van der Waals surface area contributed by atoms with E-state index in [0.717, 1.165) is 25.9 Å². The molecule has 254 valence electrons. The van der Waals surface area contributed by atoms with Gasteiger partial charge in [-0.1, -0.05) is 93.6 Å². The predicted octanol–water partition coefficient (Wildman–Crippen LogP) is 7.16. The van der Waals surface area contributed by atoms with Crippen molar-refractivity contribution in [2.24, 2.45) is 0 Å². The summed E-state index contributed by atoms with van der Waals surface area (Å²) in [7, 11) is 0. The molecule has 1 unspecified atom stereocenters. The van der Waals surface area contributed by atoms with Gasteiger partial charge in [-0.05, 0) is 67.9 Å². The van der Waals surface area contributed by atoms with E-state index in [1.165, 1.54) is 38.3 Å². The van der Waals surface area contributed by atoms with Gasteiger partial charge in [0.05, 0.1) is 24.5 Å². The van der Waals surface area contributed by atoms with Crippen molar-refractivity contribution in [3.63, 3.8) is 0 Å². The third-order valence-electron chi connectivity index (χ3n) is 8.65. The van der Waals surface area contributed by atoms with Gasteiger partial charge in [0.2, 0.25) is 5.75 Å². The number of carbonyl (C=O) groups excluding carboxylic acids is 3. The maximum atomic E-state index is 13.0. The number of halogens is 1. The van der Waals surface area contributed by atoms with Gasteiger partial charge in [-0.15, -0.1) is 0 Å². The van der Waals surface area contributed by atoms with Crippen LogP contribution in [0.1, 0.15) is 81.9 Å². The molecule has 0 aliphatic carbocycles. The first kappa shape index (κ1) is 35.1. The Kier molecular flexibility index (Phi) is 11.9. The summed E-state index contributed by atoms with van der Waals surface area (Å²) in [5.74, 6) is -2.82. The predicted molar refractivity (Wildman–Crippen MR) is 183 cm³/mol. The van der Waals surface area contributed by atoms with Gasteiger partial charge in [-0.3, -0.25) is 9.59 Å². The molecule has 2 bridgehead atoms. The molecule has 3 aromatic carbocycles. The molecule has 1 atom stereocenters. The fourth-order valence-electron chi connectivity index (χ4n) is 5.92. The minimum atomic E-state index is -2.42. The van der Waals surface area contributed by atoms with Crippen molar-refractivity contribution in [1.82, 2.24) is 4.90 Å². The van der Waals surface area contributed by atoms with Crippen molar-refractivity contribution in [1.29, 1.82) is 0 Å². The second-order valence-electron chi connectivity index (χ2n) is 12.1. The summed E-state index contributed by atoms with van der Waals surface area (Å²) in [5.41, 5.74) is -0.267. The van der Waals surface area contributed by atoms with Gasteiger partial charge in [0.1, 0.15) is 5.75 Å². The first-order valence-electron chi connectivity index (χ1n) is 16.7. The zero-order valence-electron chi connectivity index (χ0n) is 27.5. The molecule has 10 heteroatoms. The Morgan fingerprint density at radius 2 is 1.42 bits per heavy atom. The summed E-state index contributed by atoms with van der Waals surface area (Å²) in [6.07, 6.45) is 5.44. The van der Waals surface area contributed by atoms with Gasteiger partial charge in [-0.25, -0.2) is 4.79 Å². The van der Waals surface area contributed by atoms with Gasteiger partial charge >= 0.3 is 17.9 Å². The fraction of sp³-hybridized carbons (Fsp3) is 0.395. The lowest BCUT2D eigenvalue weighted by Gasteiger charge is -2.30. The van der Waals surface area contributed by atoms with Gasteiger partial charge in [-0.2, -0.15) is 0 Å². The number of nitrogens with zero attached hydrogens (tertiary/aromatic N) is 1. The van der Waals surface area contributed by atoms with Crippen LogP contribution < -0.4 is 18.9 Å². The molecule has 3 aromatic rings. The van der Waals surface area contributed by atoms with E-state index >= 15 is 0 Å². The van der Waals surface area contributed by atoms with Gasteiger partial charge < -0.3 is 29.0 Å². The van der Waals surface area contributed by atoms with Crippen molar-refractivity contribution >= 4 is 40.1 Å². The van der Waals surface area contributed by atoms with Crippen LogP contribution in [0.4, 0.5) is 0 Å². The summed E-state index contributed by atoms with van der Waals surface area (Å²) in [4.78, 5) is 41.0. The number of hydrogen-bond acceptors (Lipinski definition) is 9. The van der Waals surface area contributed by atoms with Crippen LogP contribution in [0.5, 0.6) is 23.0 Å². The molecule has 0 saturated heterocycles. The first-order chi connectivity index (χ1) is 23.2. The van der Waals surface area contributed by atoms with E-state index in [0.29, 0.717) is 39.7 Å². The van der Waals surface area contributed by atoms with Crippen molar-refractivity contribution in [3.05, 3.63) is 83.4 Å². The van der Waals surface area contributed by atoms with Gasteiger partial charge in [0.15, 0.2) is 17.1 Å². The Balaban J connectivity index is 1.36. The lowest BCUT2D eigenvalue weighted by Crippen LogP contribution is -2.48. The number of aliphatic hydroxyl groups is 1. The van der Waals surface area contributed by atoms with Crippen molar-refractivity contribution in [2.45, 2.75) is 70.8 Å². The number of carbonyl (C=O) groups is 3. The molecule has 48 heavy (non-hydrogen) atoms. The molecule has 0 radical (unpaired) electrons. The number of ether oxygens (including phenoxy) is 4. The maximum absolute atomic E-state index is 13.0. The van der Waals surface area contributed by atoms with E-state index in [-0.39, 0.29) is 17.2 Å². The quantitative estimate of drug-likeness (QED) is 0.0776. The zero-order chi connectivity index (χ0) is 34.1. The SMILES string of the molecule is CCN(CC)CCCCCCCCOc1ccc(/C(=C(/Cl)c2ccccc2)c2ccc3c4c2OC(=O)CC(O)(CC(=O)O3)C(=O)O4)cc1. The number of fused-ring (bicyclic) bond motifs is 2. The average Bonchev–Trinajstić information content (AvgIpc) is 3.07. The average molecular weight is 676 g/mol. The number of unbranched alkanes of at least 4 members (excludes halogenated alkanes) is 5. The van der Waals surface area contributed by atoms with E-state index in [1.54, 1.807) is 6.07 Å². The topological polar surface area (TPSA) is 112 Å². The molecule has 2 heterocycles. The number of esters is 3. The molecule has 5 rings (SSSR count). The van der Waals surface area contributed by atoms with Crippen LogP contribution in [0.3, 0.4) is 0 Å². The molecule has 0 amide bonds. The highest BCUT2D eigenvalue weighted by Crippen LogP contribution is 2.49. The normalized spacial score (nSPS) is 17.8. The monoisotopic (exact) mass is 675 g/mol. The number of rotatable bonds is 15. The second-order valence-corrected chi connectivity index (χ2v) is 12.4. The van der Waals surface area contributed by atoms with Crippen molar-refractivity contribution < 1.29 is 38.4 Å². The van der Waals surface area contributed by atoms with E-state index in [1.807, 2.05) is 54.6 Å². The minimum absolute atomic E-state index is 0.123. The zero-order valence-corrected chi connectivity index (χ0v) is 28.2. The van der Waals surface area contributed by atoms with Crippen LogP contribution in [0, 0.1) is 0 Å². The third-order valence-corrected chi connectivity index (χ3v) is 9.06. The minimum Gasteiger partial charge on any atom is -0.494 e. The molecule has 2 aliphatic heterocycles. The molecule has 1 N–H and O–H groups in total. The summed E-state index contributed by atoms with van der Waals surface area (Å²) < 4.78 is 22.7. The van der Waals surface area contributed by atoms with Crippen molar-refractivity contribution in [2.75, 3.05) is 26.2 Å². The largest absolute Gasteiger partial charge is 0.494 e. The lowest BCUT2D eigenvalue weighted by atomic mass is 9.92. The highest BCUT2D eigenvalue weighted by atomic mass is 35.5. The molecule has 0 fully saturated rings. The molecular formula is C38H42ClNO8. The van der Waals surface area contributed by atoms with Crippen LogP contribution in [0.25, 0.3) is 10.6 Å². The number of benzene rings is 3. The molecule has 0 aromatic heterocycles. The Labute approximate surface area is 286 Å². The van der Waals surface area contributed by atoms with Crippen LogP contribution in [-0.2, 0) is 14.4 Å². The van der Waals surface area contributed by atoms with Gasteiger partial charge in [0.25, 0.3) is 0 Å². The smallest absolute Gasteiger partial charge is 0.345 e. The van der Waals surface area contributed by atoms with E-state index < -0.39 is 36.4 Å². The van der Waals surface area contributed by atoms with Crippen LogP contribution in [-0.4, -0.2) is 59.8 Å². The lowest BCUT2D eigenvalue weighted by molar-refractivity contribution is -0.170. The Bertz CT molecular complexity index is 1630. The highest BCUT2D eigenvalue weighted by molar-refractivity contribution is 6.53. The summed E-state index contributed by atoms with van der Waals surface area (Å²) in [5, 5.41) is 11.1. The molecular weight excluding hydrogens is 634 g/mol. The molecule has 9 nitrogen and oxygen atoms in total. The van der Waals surface area contributed by atoms with Gasteiger partial charge in [0, 0.05) is 11.1 Å². The Morgan fingerprint density at radius 1 is 0.771 bits per heavy atom. The maximum Gasteiger partial charge on any atom is 0.345 e. The van der Waals surface area contributed by atoms with E-state index in [9.17, 15) is 19.5 Å². The fourth-order valence-corrected chi connectivity index (χ4v) is 6.26. The van der Waals surface area contributed by atoms with Crippen LogP contribution >= 0.6 is 11.6 Å². The molecule has 0 saturated carbocycles. The Morgan fingerprint density at radius 3 is 2.10 bits per heavy atom. The molecule has 2 aliphatic rings. The summed E-state index contributed by atoms with van der Waals surface area (Å²) in [6, 6.07) is 19.7. The van der Waals surface area contributed by atoms with Crippen LogP contribution in [0.15, 0.2) is 66.7 Å². The standard InChI is InChI=1S/C38H42ClNO8/c1-3-40(4-2)22-12-7-5-6-8-13-23-45-28-18-16-26(17-19-28)33(34(39)27-14-10-9-11-15-27)29-20-21-30-36-35(29)47-32(42)25-38(44,37(43)48-36)24-31(41)46-30/h9-11,14-21,44H,3-8,12-13,22-25H2,1-2H3/b34-33-. The second kappa shape index (κ2) is 16.3. The third kappa shape index (κ3) is 8.45. The van der Waals surface area contributed by atoms with E-state index in [4.69, 9.17) is 30.5 Å². The number of hydrogen-bond donors (Lipinski definition) is 1. The Hall–Kier alpha value is -4.18. The summed E-state index contributed by atoms with van der Waals surface area (Å²) >= 11 is 7.08. The van der Waals surface area contributed by atoms with Crippen LogP contribution in [0.2, 0.25) is 0 Å². The van der Waals surface area contributed by atoms with Crippen molar-refractivity contribution in [3.8, 4) is 23.0 Å². The molecule has 0 spiro atoms. The highest BCUT2D eigenvalue weighted by Gasteiger charge is 2.48. The van der Waals surface area contributed by atoms with E-state index in [2.05, 4.69) is 18.7 Å².